The second-order valence-electron chi connectivity index (χ2n) is 9.05. The molecule has 0 atom stereocenters. The maximum atomic E-state index is 13.1. The van der Waals surface area contributed by atoms with E-state index in [-0.39, 0.29) is 5.91 Å². The molecule has 7 nitrogen and oxygen atoms in total. The Morgan fingerprint density at radius 3 is 2.59 bits per heavy atom. The second kappa shape index (κ2) is 8.90. The van der Waals surface area contributed by atoms with Crippen molar-refractivity contribution in [1.82, 2.24) is 25.0 Å². The quantitative estimate of drug-likeness (QED) is 0.581. The summed E-state index contributed by atoms with van der Waals surface area (Å²) in [5.74, 6) is 0.486. The van der Waals surface area contributed by atoms with Crippen LogP contribution in [-0.2, 0) is 7.05 Å². The maximum Gasteiger partial charge on any atom is 0.252 e. The van der Waals surface area contributed by atoms with Gasteiger partial charge in [-0.2, -0.15) is 5.10 Å². The van der Waals surface area contributed by atoms with Crippen molar-refractivity contribution in [2.75, 3.05) is 44.2 Å². The van der Waals surface area contributed by atoms with Crippen molar-refractivity contribution in [1.29, 1.82) is 0 Å². The number of aryl methyl sites for hydroxylation is 2. The maximum absolute atomic E-state index is 13.1. The van der Waals surface area contributed by atoms with Gasteiger partial charge >= 0.3 is 0 Å². The van der Waals surface area contributed by atoms with Gasteiger partial charge in [-0.3, -0.25) is 14.4 Å². The zero-order valence-electron chi connectivity index (χ0n) is 19.0. The first-order valence-corrected chi connectivity index (χ1v) is 11.7. The molecule has 1 saturated heterocycles. The highest BCUT2D eigenvalue weighted by Crippen LogP contribution is 2.40. The van der Waals surface area contributed by atoms with Crippen LogP contribution in [0.15, 0.2) is 36.4 Å². The molecule has 1 aliphatic carbocycles. The number of fused-ring (bicyclic) bond motifs is 1. The van der Waals surface area contributed by atoms with Gasteiger partial charge in [-0.05, 0) is 50.9 Å². The lowest BCUT2D eigenvalue weighted by Crippen LogP contribution is -2.47. The van der Waals surface area contributed by atoms with Crippen molar-refractivity contribution in [2.45, 2.75) is 32.1 Å². The molecule has 1 amide bonds. The Kier molecular flexibility index (Phi) is 5.83. The van der Waals surface area contributed by atoms with Gasteiger partial charge in [0.15, 0.2) is 5.65 Å². The van der Waals surface area contributed by atoms with E-state index in [0.29, 0.717) is 12.5 Å². The predicted molar refractivity (Wildman–Crippen MR) is 127 cm³/mol. The Morgan fingerprint density at radius 1 is 1.12 bits per heavy atom. The summed E-state index contributed by atoms with van der Waals surface area (Å²) < 4.78 is 1.79. The summed E-state index contributed by atoms with van der Waals surface area (Å²) in [6, 6.07) is 12.6. The summed E-state index contributed by atoms with van der Waals surface area (Å²) in [5.41, 5.74) is 4.73. The van der Waals surface area contributed by atoms with Gasteiger partial charge in [-0.1, -0.05) is 18.2 Å². The molecule has 5 rings (SSSR count). The summed E-state index contributed by atoms with van der Waals surface area (Å²) in [5, 5.41) is 8.53. The van der Waals surface area contributed by atoms with Crippen molar-refractivity contribution >= 4 is 22.6 Å². The molecule has 1 N–H and O–H groups in total. The van der Waals surface area contributed by atoms with Crippen molar-refractivity contribution < 1.29 is 4.79 Å². The lowest BCUT2D eigenvalue weighted by atomic mass is 10.1. The van der Waals surface area contributed by atoms with E-state index in [9.17, 15) is 4.79 Å². The third-order valence-corrected chi connectivity index (χ3v) is 6.66. The number of carbonyl (C=O) groups excluding carboxylic acids is 1. The topological polar surface area (TPSA) is 66.3 Å². The Hall–Kier alpha value is -2.93. The number of rotatable bonds is 7. The van der Waals surface area contributed by atoms with Gasteiger partial charge in [0.05, 0.1) is 16.6 Å². The molecule has 7 heteroatoms. The lowest BCUT2D eigenvalue weighted by Gasteiger charge is -2.36. The number of benzene rings is 1. The van der Waals surface area contributed by atoms with E-state index in [0.717, 1.165) is 80.0 Å². The van der Waals surface area contributed by atoms with Crippen LogP contribution in [0.5, 0.6) is 0 Å². The summed E-state index contributed by atoms with van der Waals surface area (Å²) in [7, 11) is 1.90. The Morgan fingerprint density at radius 2 is 1.88 bits per heavy atom. The van der Waals surface area contributed by atoms with Crippen LogP contribution in [0.4, 0.5) is 5.69 Å². The van der Waals surface area contributed by atoms with E-state index in [1.54, 1.807) is 4.68 Å². The van der Waals surface area contributed by atoms with E-state index in [1.165, 1.54) is 5.69 Å². The molecule has 1 aliphatic heterocycles. The Bertz CT molecular complexity index is 1100. The van der Waals surface area contributed by atoms with Gasteiger partial charge in [-0.15, -0.1) is 0 Å². The molecule has 0 radical (unpaired) electrons. The van der Waals surface area contributed by atoms with Crippen LogP contribution in [0.25, 0.3) is 11.0 Å². The molecule has 1 aromatic carbocycles. The average Bonchev–Trinajstić information content (AvgIpc) is 3.63. The molecule has 3 heterocycles. The van der Waals surface area contributed by atoms with Gasteiger partial charge in [0, 0.05) is 57.1 Å². The molecule has 2 aromatic heterocycles. The van der Waals surface area contributed by atoms with E-state index >= 15 is 0 Å². The fraction of sp³-hybridized carbons (Fsp3) is 0.480. The number of pyridine rings is 1. The molecule has 0 unspecified atom stereocenters. The van der Waals surface area contributed by atoms with Crippen LogP contribution in [-0.4, -0.2) is 64.8 Å². The first kappa shape index (κ1) is 20.9. The molecule has 0 spiro atoms. The van der Waals surface area contributed by atoms with Crippen LogP contribution in [0.2, 0.25) is 0 Å². The zero-order valence-corrected chi connectivity index (χ0v) is 19.0. The van der Waals surface area contributed by atoms with Gasteiger partial charge in [-0.25, -0.2) is 4.98 Å². The molecule has 0 bridgehead atoms. The molecule has 2 aliphatic rings. The van der Waals surface area contributed by atoms with Crippen molar-refractivity contribution in [3.05, 3.63) is 53.3 Å². The second-order valence-corrected chi connectivity index (χ2v) is 9.05. The number of amides is 1. The summed E-state index contributed by atoms with van der Waals surface area (Å²) in [6.07, 6.45) is 3.27. The third kappa shape index (κ3) is 4.35. The van der Waals surface area contributed by atoms with Crippen molar-refractivity contribution in [3.8, 4) is 0 Å². The summed E-state index contributed by atoms with van der Waals surface area (Å²) in [4.78, 5) is 22.8. The highest BCUT2D eigenvalue weighted by molar-refractivity contribution is 6.06. The summed E-state index contributed by atoms with van der Waals surface area (Å²) in [6.45, 7) is 7.87. The molecule has 2 fully saturated rings. The number of hydrogen-bond acceptors (Lipinski definition) is 5. The monoisotopic (exact) mass is 432 g/mol. The first-order chi connectivity index (χ1) is 15.6. The van der Waals surface area contributed by atoms with Crippen molar-refractivity contribution in [3.63, 3.8) is 0 Å². The van der Waals surface area contributed by atoms with Crippen molar-refractivity contribution in [2.24, 2.45) is 7.05 Å². The number of hydrogen-bond donors (Lipinski definition) is 1. The van der Waals surface area contributed by atoms with Gasteiger partial charge in [0.2, 0.25) is 0 Å². The zero-order chi connectivity index (χ0) is 22.1. The molecule has 3 aromatic rings. The largest absolute Gasteiger partial charge is 0.369 e. The molecular formula is C25H32N6O. The lowest BCUT2D eigenvalue weighted by molar-refractivity contribution is 0.0953. The van der Waals surface area contributed by atoms with E-state index in [1.807, 2.05) is 20.0 Å². The molecule has 1 saturated carbocycles. The summed E-state index contributed by atoms with van der Waals surface area (Å²) >= 11 is 0. The highest BCUT2D eigenvalue weighted by Gasteiger charge is 2.28. The highest BCUT2D eigenvalue weighted by atomic mass is 16.1. The number of para-hydroxylation sites is 1. The first-order valence-electron chi connectivity index (χ1n) is 11.7. The number of anilines is 1. The number of carbonyl (C=O) groups is 1. The average molecular weight is 433 g/mol. The SMILES string of the molecule is Cc1nn(C)c2nc(C3CC3)cc(C(=O)NCCCN3CCN(c4ccccc4)CC3)c12. The molecular weight excluding hydrogens is 400 g/mol. The van der Waals surface area contributed by atoms with E-state index in [4.69, 9.17) is 4.98 Å². The van der Waals surface area contributed by atoms with Gasteiger partial charge in [0.1, 0.15) is 0 Å². The fourth-order valence-corrected chi connectivity index (χ4v) is 4.70. The predicted octanol–water partition coefficient (Wildman–Crippen LogP) is 3.10. The normalized spacial score (nSPS) is 17.1. The van der Waals surface area contributed by atoms with Gasteiger partial charge in [0.25, 0.3) is 5.91 Å². The van der Waals surface area contributed by atoms with Crippen LogP contribution < -0.4 is 10.2 Å². The number of piperazine rings is 1. The smallest absolute Gasteiger partial charge is 0.252 e. The standard InChI is InChI=1S/C25H32N6O/c1-18-23-21(17-22(19-9-10-19)27-24(23)29(2)28-18)25(32)26-11-6-12-30-13-15-31(16-14-30)20-7-4-3-5-8-20/h3-5,7-8,17,19H,6,9-16H2,1-2H3,(H,26,32). The number of nitrogens with one attached hydrogen (secondary N) is 1. The van der Waals surface area contributed by atoms with Crippen LogP contribution in [0, 0.1) is 6.92 Å². The van der Waals surface area contributed by atoms with Gasteiger partial charge < -0.3 is 10.2 Å². The molecule has 168 valence electrons. The minimum Gasteiger partial charge on any atom is -0.369 e. The third-order valence-electron chi connectivity index (χ3n) is 6.66. The minimum atomic E-state index is -0.00991. The number of nitrogens with zero attached hydrogens (tertiary/aromatic N) is 5. The molecule has 32 heavy (non-hydrogen) atoms. The fourth-order valence-electron chi connectivity index (χ4n) is 4.70. The van der Waals surface area contributed by atoms with Crippen LogP contribution in [0.1, 0.15) is 46.9 Å². The number of aromatic nitrogens is 3. The van der Waals surface area contributed by atoms with Crippen LogP contribution >= 0.6 is 0 Å². The van der Waals surface area contributed by atoms with Crippen LogP contribution in [0.3, 0.4) is 0 Å². The Balaban J connectivity index is 1.15. The minimum absolute atomic E-state index is 0.00991. The Labute approximate surface area is 189 Å². The van der Waals surface area contributed by atoms with E-state index in [2.05, 4.69) is 50.5 Å². The van der Waals surface area contributed by atoms with E-state index < -0.39 is 0 Å².